The van der Waals surface area contributed by atoms with E-state index in [1.165, 1.54) is 32.1 Å². The third-order valence-electron chi connectivity index (χ3n) is 4.26. The van der Waals surface area contributed by atoms with Gasteiger partial charge >= 0.3 is 0 Å². The minimum atomic E-state index is 0.0513. The molecule has 17 heavy (non-hydrogen) atoms. The normalized spacial score (nSPS) is 26.8. The van der Waals surface area contributed by atoms with E-state index in [0.29, 0.717) is 11.5 Å². The summed E-state index contributed by atoms with van der Waals surface area (Å²) < 4.78 is 6.31. The van der Waals surface area contributed by atoms with Crippen molar-refractivity contribution in [3.8, 4) is 0 Å². The Bertz CT molecular complexity index is 230. The predicted octanol–water partition coefficient (Wildman–Crippen LogP) is 5.19. The topological polar surface area (TPSA) is 9.23 Å². The van der Waals surface area contributed by atoms with Crippen LogP contribution in [0, 0.1) is 11.3 Å². The molecular formula is C16H32O. The molecule has 2 atom stereocenters. The van der Waals surface area contributed by atoms with E-state index < -0.39 is 0 Å². The lowest BCUT2D eigenvalue weighted by Crippen LogP contribution is -2.36. The van der Waals surface area contributed by atoms with Gasteiger partial charge < -0.3 is 4.74 Å². The lowest BCUT2D eigenvalue weighted by molar-refractivity contribution is -0.103. The van der Waals surface area contributed by atoms with Gasteiger partial charge in [-0.1, -0.05) is 33.6 Å². The summed E-state index contributed by atoms with van der Waals surface area (Å²) in [5.41, 5.74) is 0.575. The lowest BCUT2D eigenvalue weighted by atomic mass is 9.70. The third-order valence-corrected chi connectivity index (χ3v) is 4.26. The van der Waals surface area contributed by atoms with Crippen LogP contribution in [0.2, 0.25) is 0 Å². The van der Waals surface area contributed by atoms with Crippen LogP contribution >= 0.6 is 0 Å². The Morgan fingerprint density at radius 2 is 2.00 bits per heavy atom. The van der Waals surface area contributed by atoms with Crippen molar-refractivity contribution in [1.82, 2.24) is 0 Å². The monoisotopic (exact) mass is 240 g/mol. The molecule has 0 N–H and O–H groups in total. The van der Waals surface area contributed by atoms with Crippen LogP contribution in [0.3, 0.4) is 0 Å². The molecule has 0 bridgehead atoms. The molecule has 0 aromatic rings. The van der Waals surface area contributed by atoms with Crippen molar-refractivity contribution < 1.29 is 4.74 Å². The van der Waals surface area contributed by atoms with E-state index in [9.17, 15) is 0 Å². The summed E-state index contributed by atoms with van der Waals surface area (Å²) in [6.45, 7) is 13.8. The molecular weight excluding hydrogens is 208 g/mol. The van der Waals surface area contributed by atoms with Gasteiger partial charge in [0.15, 0.2) is 0 Å². The molecule has 1 aliphatic rings. The second-order valence-corrected chi connectivity index (χ2v) is 7.35. The molecule has 0 aromatic heterocycles. The van der Waals surface area contributed by atoms with E-state index in [4.69, 9.17) is 4.74 Å². The Balaban J connectivity index is 2.49. The fourth-order valence-corrected chi connectivity index (χ4v) is 3.42. The van der Waals surface area contributed by atoms with Gasteiger partial charge in [0, 0.05) is 0 Å². The summed E-state index contributed by atoms with van der Waals surface area (Å²) in [5.74, 6) is 0.759. The molecule has 1 nitrogen and oxygen atoms in total. The molecule has 0 spiro atoms. The van der Waals surface area contributed by atoms with Gasteiger partial charge in [0.05, 0.1) is 11.7 Å². The van der Waals surface area contributed by atoms with Crippen molar-refractivity contribution in [1.29, 1.82) is 0 Å². The summed E-state index contributed by atoms with van der Waals surface area (Å²) in [6.07, 6.45) is 8.22. The Morgan fingerprint density at radius 3 is 2.53 bits per heavy atom. The minimum absolute atomic E-state index is 0.0513. The Morgan fingerprint density at radius 1 is 1.35 bits per heavy atom. The smallest absolute Gasteiger partial charge is 0.0630 e. The number of ether oxygens (including phenoxy) is 1. The summed E-state index contributed by atoms with van der Waals surface area (Å²) in [7, 11) is 0. The molecule has 1 aliphatic carbocycles. The van der Waals surface area contributed by atoms with Gasteiger partial charge in [-0.2, -0.15) is 0 Å². The molecule has 0 amide bonds. The van der Waals surface area contributed by atoms with Crippen LogP contribution in [0.1, 0.15) is 80.1 Å². The maximum absolute atomic E-state index is 6.31. The Labute approximate surface area is 108 Å². The number of hydrogen-bond acceptors (Lipinski definition) is 1. The standard InChI is InChI=1S/C16H32O/c1-7-10-16(5,6)17-13(2)14-9-8-11-15(3,4)12-14/h13-14H,7-12H2,1-6H3. The van der Waals surface area contributed by atoms with Crippen LogP contribution in [-0.2, 0) is 4.74 Å². The first-order chi connectivity index (χ1) is 7.76. The van der Waals surface area contributed by atoms with Gasteiger partial charge in [-0.3, -0.25) is 0 Å². The fourth-order valence-electron chi connectivity index (χ4n) is 3.42. The molecule has 1 fully saturated rings. The molecule has 0 aliphatic heterocycles. The van der Waals surface area contributed by atoms with E-state index in [2.05, 4.69) is 41.5 Å². The summed E-state index contributed by atoms with van der Waals surface area (Å²) in [4.78, 5) is 0. The van der Waals surface area contributed by atoms with Crippen molar-refractivity contribution >= 4 is 0 Å². The van der Waals surface area contributed by atoms with Gasteiger partial charge in [-0.15, -0.1) is 0 Å². The van der Waals surface area contributed by atoms with Crippen LogP contribution in [0.4, 0.5) is 0 Å². The van der Waals surface area contributed by atoms with Crippen LogP contribution in [0.15, 0.2) is 0 Å². The molecule has 0 aromatic carbocycles. The Hall–Kier alpha value is -0.0400. The largest absolute Gasteiger partial charge is 0.372 e. The summed E-state index contributed by atoms with van der Waals surface area (Å²) >= 11 is 0. The molecule has 0 radical (unpaired) electrons. The van der Waals surface area contributed by atoms with Crippen molar-refractivity contribution in [2.45, 2.75) is 91.8 Å². The molecule has 0 heterocycles. The quantitative estimate of drug-likeness (QED) is 0.643. The van der Waals surface area contributed by atoms with Crippen LogP contribution in [-0.4, -0.2) is 11.7 Å². The maximum atomic E-state index is 6.31. The average Bonchev–Trinajstić information content (AvgIpc) is 2.14. The predicted molar refractivity (Wildman–Crippen MR) is 75.3 cm³/mol. The third kappa shape index (κ3) is 4.99. The van der Waals surface area contributed by atoms with Gasteiger partial charge in [-0.25, -0.2) is 0 Å². The zero-order chi connectivity index (χ0) is 13.1. The van der Waals surface area contributed by atoms with Gasteiger partial charge in [0.25, 0.3) is 0 Å². The van der Waals surface area contributed by atoms with Crippen LogP contribution < -0.4 is 0 Å². The molecule has 0 saturated heterocycles. The molecule has 1 saturated carbocycles. The average molecular weight is 240 g/mol. The van der Waals surface area contributed by atoms with Crippen molar-refractivity contribution in [2.75, 3.05) is 0 Å². The van der Waals surface area contributed by atoms with E-state index in [1.807, 2.05) is 0 Å². The first kappa shape index (κ1) is 15.0. The highest BCUT2D eigenvalue weighted by Gasteiger charge is 2.33. The first-order valence-electron chi connectivity index (χ1n) is 7.43. The van der Waals surface area contributed by atoms with E-state index >= 15 is 0 Å². The van der Waals surface area contributed by atoms with Crippen molar-refractivity contribution in [2.24, 2.45) is 11.3 Å². The molecule has 1 rings (SSSR count). The highest BCUT2D eigenvalue weighted by molar-refractivity contribution is 4.83. The van der Waals surface area contributed by atoms with Crippen LogP contribution in [0.5, 0.6) is 0 Å². The van der Waals surface area contributed by atoms with Crippen molar-refractivity contribution in [3.63, 3.8) is 0 Å². The van der Waals surface area contributed by atoms with Gasteiger partial charge in [-0.05, 0) is 57.8 Å². The lowest BCUT2D eigenvalue weighted by Gasteiger charge is -2.40. The zero-order valence-corrected chi connectivity index (χ0v) is 12.8. The minimum Gasteiger partial charge on any atom is -0.372 e. The molecule has 1 heteroatoms. The van der Waals surface area contributed by atoms with E-state index in [0.717, 1.165) is 12.3 Å². The fraction of sp³-hybridized carbons (Fsp3) is 1.00. The summed E-state index contributed by atoms with van der Waals surface area (Å²) in [5, 5.41) is 0. The van der Waals surface area contributed by atoms with E-state index in [1.54, 1.807) is 0 Å². The second kappa shape index (κ2) is 5.73. The number of rotatable bonds is 5. The van der Waals surface area contributed by atoms with Crippen LogP contribution in [0.25, 0.3) is 0 Å². The molecule has 2 unspecified atom stereocenters. The van der Waals surface area contributed by atoms with Gasteiger partial charge in [0.1, 0.15) is 0 Å². The number of hydrogen-bond donors (Lipinski definition) is 0. The molecule has 102 valence electrons. The highest BCUT2D eigenvalue weighted by atomic mass is 16.5. The Kier molecular flexibility index (Phi) is 5.07. The van der Waals surface area contributed by atoms with Gasteiger partial charge in [0.2, 0.25) is 0 Å². The van der Waals surface area contributed by atoms with E-state index in [-0.39, 0.29) is 5.60 Å². The zero-order valence-electron chi connectivity index (χ0n) is 12.8. The van der Waals surface area contributed by atoms with Crippen molar-refractivity contribution in [3.05, 3.63) is 0 Å². The SMILES string of the molecule is CCCC(C)(C)OC(C)C1CCCC(C)(C)C1. The summed E-state index contributed by atoms with van der Waals surface area (Å²) in [6, 6.07) is 0. The maximum Gasteiger partial charge on any atom is 0.0630 e. The second-order valence-electron chi connectivity index (χ2n) is 7.35. The first-order valence-corrected chi connectivity index (χ1v) is 7.43. The highest BCUT2D eigenvalue weighted by Crippen LogP contribution is 2.41.